The molecule has 1 aromatic rings. The molecule has 0 spiro atoms. The van der Waals surface area contributed by atoms with Crippen molar-refractivity contribution in [3.05, 3.63) is 29.8 Å². The van der Waals surface area contributed by atoms with Crippen molar-refractivity contribution in [1.29, 1.82) is 0 Å². The molecule has 0 aromatic heterocycles. The summed E-state index contributed by atoms with van der Waals surface area (Å²) < 4.78 is 5.47. The fraction of sp³-hybridized carbons (Fsp3) is 0.500. The number of nitrogens with one attached hydrogen (secondary N) is 1. The number of anilines is 1. The number of carboxylic acid groups (broad SMARTS) is 1. The molecule has 1 fully saturated rings. The third-order valence-electron chi connectivity index (χ3n) is 3.47. The molecule has 0 heterocycles. The summed E-state index contributed by atoms with van der Waals surface area (Å²) in [5.74, 6) is -0.898. The van der Waals surface area contributed by atoms with Crippen LogP contribution in [0.25, 0.3) is 0 Å². The molecule has 0 bridgehead atoms. The first kappa shape index (κ1) is 12.9. The van der Waals surface area contributed by atoms with E-state index in [4.69, 9.17) is 9.84 Å². The van der Waals surface area contributed by atoms with Crippen molar-refractivity contribution >= 4 is 11.7 Å². The fourth-order valence-corrected chi connectivity index (χ4v) is 2.50. The van der Waals surface area contributed by atoms with E-state index in [2.05, 4.69) is 5.32 Å². The highest BCUT2D eigenvalue weighted by molar-refractivity contribution is 5.88. The van der Waals surface area contributed by atoms with Crippen molar-refractivity contribution in [2.24, 2.45) is 0 Å². The minimum atomic E-state index is -0.898. The Morgan fingerprint density at radius 1 is 1.39 bits per heavy atom. The van der Waals surface area contributed by atoms with Crippen LogP contribution in [0.5, 0.6) is 0 Å². The molecule has 2 unspecified atom stereocenters. The van der Waals surface area contributed by atoms with E-state index in [1.165, 1.54) is 12.8 Å². The van der Waals surface area contributed by atoms with Crippen molar-refractivity contribution in [3.8, 4) is 0 Å². The second-order valence-corrected chi connectivity index (χ2v) is 4.70. The number of aromatic carboxylic acids is 1. The number of hydrogen-bond donors (Lipinski definition) is 2. The van der Waals surface area contributed by atoms with Gasteiger partial charge in [-0.1, -0.05) is 18.9 Å². The number of methoxy groups -OCH3 is 1. The third-order valence-corrected chi connectivity index (χ3v) is 3.47. The van der Waals surface area contributed by atoms with Gasteiger partial charge in [-0.3, -0.25) is 0 Å². The van der Waals surface area contributed by atoms with Crippen LogP contribution >= 0.6 is 0 Å². The lowest BCUT2D eigenvalue weighted by atomic mass is 9.92. The van der Waals surface area contributed by atoms with Crippen LogP contribution in [0.1, 0.15) is 36.0 Å². The molecular formula is C14H19NO3. The van der Waals surface area contributed by atoms with Gasteiger partial charge in [0.2, 0.25) is 0 Å². The zero-order chi connectivity index (χ0) is 13.0. The van der Waals surface area contributed by atoms with Crippen LogP contribution in [0.4, 0.5) is 5.69 Å². The SMILES string of the molecule is COC1CCCCC1Nc1cccc(C(=O)O)c1. The monoisotopic (exact) mass is 249 g/mol. The van der Waals surface area contributed by atoms with Crippen molar-refractivity contribution < 1.29 is 14.6 Å². The summed E-state index contributed by atoms with van der Waals surface area (Å²) in [7, 11) is 1.73. The molecule has 2 rings (SSSR count). The summed E-state index contributed by atoms with van der Waals surface area (Å²) in [5.41, 5.74) is 1.16. The summed E-state index contributed by atoms with van der Waals surface area (Å²) in [6, 6.07) is 7.20. The van der Waals surface area contributed by atoms with Crippen LogP contribution in [-0.4, -0.2) is 30.3 Å². The zero-order valence-electron chi connectivity index (χ0n) is 10.6. The van der Waals surface area contributed by atoms with Gasteiger partial charge in [0.15, 0.2) is 0 Å². The molecule has 0 saturated heterocycles. The highest BCUT2D eigenvalue weighted by atomic mass is 16.5. The average Bonchev–Trinajstić information content (AvgIpc) is 2.39. The van der Waals surface area contributed by atoms with Crippen LogP contribution in [-0.2, 0) is 4.74 Å². The molecule has 4 heteroatoms. The number of carboxylic acids is 1. The first-order valence-corrected chi connectivity index (χ1v) is 6.33. The molecule has 0 radical (unpaired) electrons. The molecule has 1 saturated carbocycles. The number of carbonyl (C=O) groups is 1. The Kier molecular flexibility index (Phi) is 4.20. The predicted molar refractivity (Wildman–Crippen MR) is 70.1 cm³/mol. The van der Waals surface area contributed by atoms with E-state index in [9.17, 15) is 4.79 Å². The van der Waals surface area contributed by atoms with E-state index < -0.39 is 5.97 Å². The number of hydrogen-bond acceptors (Lipinski definition) is 3. The first-order chi connectivity index (χ1) is 8.70. The maximum absolute atomic E-state index is 10.9. The van der Waals surface area contributed by atoms with Crippen LogP contribution in [0, 0.1) is 0 Å². The van der Waals surface area contributed by atoms with Gasteiger partial charge in [0.1, 0.15) is 0 Å². The molecule has 2 N–H and O–H groups in total. The van der Waals surface area contributed by atoms with Crippen molar-refractivity contribution in [2.45, 2.75) is 37.8 Å². The highest BCUT2D eigenvalue weighted by Crippen LogP contribution is 2.24. The lowest BCUT2D eigenvalue weighted by molar-refractivity contribution is 0.0606. The summed E-state index contributed by atoms with van der Waals surface area (Å²) in [4.78, 5) is 10.9. The Hall–Kier alpha value is -1.55. The molecular weight excluding hydrogens is 230 g/mol. The smallest absolute Gasteiger partial charge is 0.335 e. The van der Waals surface area contributed by atoms with Gasteiger partial charge in [-0.25, -0.2) is 4.79 Å². The Morgan fingerprint density at radius 2 is 2.17 bits per heavy atom. The van der Waals surface area contributed by atoms with Crippen molar-refractivity contribution in [1.82, 2.24) is 0 Å². The Bertz CT molecular complexity index is 419. The second-order valence-electron chi connectivity index (χ2n) is 4.70. The van der Waals surface area contributed by atoms with Gasteiger partial charge in [-0.05, 0) is 31.0 Å². The minimum Gasteiger partial charge on any atom is -0.478 e. The first-order valence-electron chi connectivity index (χ1n) is 6.33. The molecule has 0 amide bonds. The maximum Gasteiger partial charge on any atom is 0.335 e. The van der Waals surface area contributed by atoms with E-state index in [0.717, 1.165) is 18.5 Å². The van der Waals surface area contributed by atoms with E-state index in [1.54, 1.807) is 25.3 Å². The summed E-state index contributed by atoms with van der Waals surface area (Å²) in [6.07, 6.45) is 4.73. The van der Waals surface area contributed by atoms with Gasteiger partial charge in [0.25, 0.3) is 0 Å². The van der Waals surface area contributed by atoms with Crippen molar-refractivity contribution in [2.75, 3.05) is 12.4 Å². The number of benzene rings is 1. The highest BCUT2D eigenvalue weighted by Gasteiger charge is 2.24. The molecule has 4 nitrogen and oxygen atoms in total. The van der Waals surface area contributed by atoms with E-state index in [0.29, 0.717) is 5.56 Å². The van der Waals surface area contributed by atoms with Gasteiger partial charge in [0, 0.05) is 12.8 Å². The van der Waals surface area contributed by atoms with Gasteiger partial charge in [0.05, 0.1) is 17.7 Å². The van der Waals surface area contributed by atoms with Gasteiger partial charge in [-0.15, -0.1) is 0 Å². The van der Waals surface area contributed by atoms with E-state index >= 15 is 0 Å². The molecule has 1 aliphatic rings. The van der Waals surface area contributed by atoms with Crippen LogP contribution in [0.2, 0.25) is 0 Å². The Morgan fingerprint density at radius 3 is 2.89 bits per heavy atom. The largest absolute Gasteiger partial charge is 0.478 e. The molecule has 2 atom stereocenters. The lowest BCUT2D eigenvalue weighted by Gasteiger charge is -2.31. The van der Waals surface area contributed by atoms with Gasteiger partial charge >= 0.3 is 5.97 Å². The van der Waals surface area contributed by atoms with Crippen LogP contribution in [0.15, 0.2) is 24.3 Å². The fourth-order valence-electron chi connectivity index (χ4n) is 2.50. The topological polar surface area (TPSA) is 58.6 Å². The van der Waals surface area contributed by atoms with Crippen LogP contribution < -0.4 is 5.32 Å². The Labute approximate surface area is 107 Å². The van der Waals surface area contributed by atoms with Gasteiger partial charge < -0.3 is 15.2 Å². The summed E-state index contributed by atoms with van der Waals surface area (Å²) in [5, 5.41) is 12.3. The minimum absolute atomic E-state index is 0.215. The lowest BCUT2D eigenvalue weighted by Crippen LogP contribution is -2.37. The van der Waals surface area contributed by atoms with Gasteiger partial charge in [-0.2, -0.15) is 0 Å². The molecule has 1 aliphatic carbocycles. The predicted octanol–water partition coefficient (Wildman–Crippen LogP) is 2.75. The van der Waals surface area contributed by atoms with Crippen LogP contribution in [0.3, 0.4) is 0 Å². The Balaban J connectivity index is 2.07. The van der Waals surface area contributed by atoms with Crippen molar-refractivity contribution in [3.63, 3.8) is 0 Å². The standard InChI is InChI=1S/C14H19NO3/c1-18-13-8-3-2-7-12(13)15-11-6-4-5-10(9-11)14(16)17/h4-6,9,12-13,15H,2-3,7-8H2,1H3,(H,16,17). The molecule has 0 aliphatic heterocycles. The molecule has 98 valence electrons. The average molecular weight is 249 g/mol. The summed E-state index contributed by atoms with van der Waals surface area (Å²) in [6.45, 7) is 0. The third kappa shape index (κ3) is 3.01. The number of ether oxygens (including phenoxy) is 1. The second kappa shape index (κ2) is 5.87. The maximum atomic E-state index is 10.9. The van der Waals surface area contributed by atoms with E-state index in [1.807, 2.05) is 6.07 Å². The number of rotatable bonds is 4. The normalized spacial score (nSPS) is 23.6. The molecule has 1 aromatic carbocycles. The van der Waals surface area contributed by atoms with E-state index in [-0.39, 0.29) is 12.1 Å². The quantitative estimate of drug-likeness (QED) is 0.861. The zero-order valence-corrected chi connectivity index (χ0v) is 10.6. The molecule has 18 heavy (non-hydrogen) atoms. The summed E-state index contributed by atoms with van der Waals surface area (Å²) >= 11 is 0.